The molecule has 2 heterocycles. The molecule has 0 saturated heterocycles. The average molecular weight is 251 g/mol. The Labute approximate surface area is 105 Å². The summed E-state index contributed by atoms with van der Waals surface area (Å²) in [4.78, 5) is 32.4. The number of rotatable bonds is 3. The fraction of sp³-hybridized carbons (Fsp3) is 0.583. The monoisotopic (exact) mass is 251 g/mol. The van der Waals surface area contributed by atoms with Crippen molar-refractivity contribution in [2.24, 2.45) is 0 Å². The molecule has 1 aromatic heterocycles. The van der Waals surface area contributed by atoms with Crippen molar-refractivity contribution in [1.29, 1.82) is 0 Å². The van der Waals surface area contributed by atoms with Crippen LogP contribution in [0, 0.1) is 6.92 Å². The van der Waals surface area contributed by atoms with Gasteiger partial charge in [0.15, 0.2) is 0 Å². The van der Waals surface area contributed by atoms with Gasteiger partial charge in [-0.05, 0) is 13.3 Å². The molecule has 1 N–H and O–H groups in total. The number of nitrogens with one attached hydrogen (secondary N) is 1. The highest BCUT2D eigenvalue weighted by atomic mass is 16.5. The van der Waals surface area contributed by atoms with Crippen LogP contribution in [0.5, 0.6) is 0 Å². The van der Waals surface area contributed by atoms with Crippen LogP contribution in [0.4, 0.5) is 0 Å². The molecule has 0 radical (unpaired) electrons. The van der Waals surface area contributed by atoms with Crippen LogP contribution in [0.3, 0.4) is 0 Å². The SMILES string of the molecule is CC[C@@H](OC)C(=O)N1Cc2nc(C)[nH]c(=O)c2C1. The van der Waals surface area contributed by atoms with Crippen LogP contribution in [0.15, 0.2) is 4.79 Å². The first-order valence-electron chi connectivity index (χ1n) is 5.97. The van der Waals surface area contributed by atoms with E-state index in [-0.39, 0.29) is 11.5 Å². The molecule has 2 rings (SSSR count). The summed E-state index contributed by atoms with van der Waals surface area (Å²) in [6.07, 6.45) is 0.171. The summed E-state index contributed by atoms with van der Waals surface area (Å²) < 4.78 is 5.13. The third kappa shape index (κ3) is 2.15. The van der Waals surface area contributed by atoms with E-state index in [1.165, 1.54) is 7.11 Å². The molecular weight excluding hydrogens is 234 g/mol. The van der Waals surface area contributed by atoms with Crippen LogP contribution in [-0.2, 0) is 22.6 Å². The van der Waals surface area contributed by atoms with E-state index >= 15 is 0 Å². The van der Waals surface area contributed by atoms with E-state index in [1.807, 2.05) is 6.92 Å². The highest BCUT2D eigenvalue weighted by molar-refractivity contribution is 5.81. The van der Waals surface area contributed by atoms with Gasteiger partial charge < -0.3 is 14.6 Å². The van der Waals surface area contributed by atoms with Crippen LogP contribution in [0.1, 0.15) is 30.4 Å². The summed E-state index contributed by atoms with van der Waals surface area (Å²) in [5, 5.41) is 0. The standard InChI is InChI=1S/C12H17N3O3/c1-4-10(18-3)12(17)15-5-8-9(6-15)13-7(2)14-11(8)16/h10H,4-6H2,1-3H3,(H,13,14,16)/t10-/m1/s1. The van der Waals surface area contributed by atoms with E-state index in [4.69, 9.17) is 4.74 Å². The van der Waals surface area contributed by atoms with E-state index in [0.29, 0.717) is 36.6 Å². The quantitative estimate of drug-likeness (QED) is 0.840. The Morgan fingerprint density at radius 3 is 2.89 bits per heavy atom. The third-order valence-corrected chi connectivity index (χ3v) is 3.15. The van der Waals surface area contributed by atoms with Crippen molar-refractivity contribution in [3.63, 3.8) is 0 Å². The van der Waals surface area contributed by atoms with Gasteiger partial charge in [-0.2, -0.15) is 0 Å². The molecule has 1 aromatic rings. The lowest BCUT2D eigenvalue weighted by Gasteiger charge is -2.20. The maximum atomic E-state index is 12.1. The van der Waals surface area contributed by atoms with Gasteiger partial charge in [0.05, 0.1) is 24.3 Å². The highest BCUT2D eigenvalue weighted by Gasteiger charge is 2.30. The number of aromatic amines is 1. The van der Waals surface area contributed by atoms with E-state index < -0.39 is 6.10 Å². The predicted octanol–water partition coefficient (Wildman–Crippen LogP) is 0.346. The molecule has 0 aliphatic carbocycles. The van der Waals surface area contributed by atoms with Crippen LogP contribution in [0.2, 0.25) is 0 Å². The molecule has 0 unspecified atom stereocenters. The summed E-state index contributed by atoms with van der Waals surface area (Å²) in [5.74, 6) is 0.488. The summed E-state index contributed by atoms with van der Waals surface area (Å²) in [6.45, 7) is 4.33. The Hall–Kier alpha value is -1.69. The first-order valence-corrected chi connectivity index (χ1v) is 5.97. The van der Waals surface area contributed by atoms with E-state index in [9.17, 15) is 9.59 Å². The number of ether oxygens (including phenoxy) is 1. The maximum Gasteiger partial charge on any atom is 0.256 e. The zero-order valence-electron chi connectivity index (χ0n) is 10.8. The zero-order chi connectivity index (χ0) is 13.3. The first kappa shape index (κ1) is 12.8. The fourth-order valence-corrected chi connectivity index (χ4v) is 2.19. The van der Waals surface area contributed by atoms with Crippen molar-refractivity contribution < 1.29 is 9.53 Å². The number of nitrogens with zero attached hydrogens (tertiary/aromatic N) is 2. The number of carbonyl (C=O) groups excluding carboxylic acids is 1. The van der Waals surface area contributed by atoms with Crippen molar-refractivity contribution in [1.82, 2.24) is 14.9 Å². The molecule has 1 amide bonds. The number of amides is 1. The summed E-state index contributed by atoms with van der Waals surface area (Å²) in [6, 6.07) is 0. The van der Waals surface area contributed by atoms with Gasteiger partial charge in [-0.15, -0.1) is 0 Å². The van der Waals surface area contributed by atoms with Gasteiger partial charge in [0, 0.05) is 7.11 Å². The maximum absolute atomic E-state index is 12.1. The Morgan fingerprint density at radius 1 is 1.56 bits per heavy atom. The molecule has 6 nitrogen and oxygen atoms in total. The molecule has 1 aliphatic heterocycles. The number of methoxy groups -OCH3 is 1. The van der Waals surface area contributed by atoms with E-state index in [0.717, 1.165) is 0 Å². The predicted molar refractivity (Wildman–Crippen MR) is 64.9 cm³/mol. The Morgan fingerprint density at radius 2 is 2.28 bits per heavy atom. The van der Waals surface area contributed by atoms with E-state index in [1.54, 1.807) is 11.8 Å². The molecular formula is C12H17N3O3. The molecule has 18 heavy (non-hydrogen) atoms. The number of hydrogen-bond acceptors (Lipinski definition) is 4. The molecule has 0 bridgehead atoms. The number of H-pyrrole nitrogens is 1. The number of carbonyl (C=O) groups is 1. The van der Waals surface area contributed by atoms with Crippen LogP contribution in [0.25, 0.3) is 0 Å². The largest absolute Gasteiger partial charge is 0.372 e. The second-order valence-corrected chi connectivity index (χ2v) is 4.40. The van der Waals surface area contributed by atoms with Gasteiger partial charge in [-0.1, -0.05) is 6.92 Å². The smallest absolute Gasteiger partial charge is 0.256 e. The van der Waals surface area contributed by atoms with Gasteiger partial charge in [-0.25, -0.2) is 4.98 Å². The molecule has 6 heteroatoms. The number of fused-ring (bicyclic) bond motifs is 1. The summed E-state index contributed by atoms with van der Waals surface area (Å²) >= 11 is 0. The summed E-state index contributed by atoms with van der Waals surface area (Å²) in [7, 11) is 1.52. The second-order valence-electron chi connectivity index (χ2n) is 4.40. The number of aryl methyl sites for hydroxylation is 1. The number of aromatic nitrogens is 2. The Balaban J connectivity index is 2.22. The van der Waals surface area contributed by atoms with Crippen molar-refractivity contribution in [3.05, 3.63) is 27.4 Å². The molecule has 1 atom stereocenters. The zero-order valence-corrected chi connectivity index (χ0v) is 10.8. The molecule has 0 fully saturated rings. The lowest BCUT2D eigenvalue weighted by Crippen LogP contribution is -2.36. The van der Waals surface area contributed by atoms with Crippen LogP contribution >= 0.6 is 0 Å². The molecule has 98 valence electrons. The van der Waals surface area contributed by atoms with Gasteiger partial charge in [0.2, 0.25) is 0 Å². The summed E-state index contributed by atoms with van der Waals surface area (Å²) in [5.41, 5.74) is 1.12. The normalized spacial score (nSPS) is 15.6. The van der Waals surface area contributed by atoms with Crippen molar-refractivity contribution in [2.75, 3.05) is 7.11 Å². The highest BCUT2D eigenvalue weighted by Crippen LogP contribution is 2.19. The first-order chi connectivity index (χ1) is 8.56. The molecule has 1 aliphatic rings. The average Bonchev–Trinajstić information content (AvgIpc) is 2.74. The van der Waals surface area contributed by atoms with Gasteiger partial charge in [0.25, 0.3) is 11.5 Å². The van der Waals surface area contributed by atoms with Crippen LogP contribution < -0.4 is 5.56 Å². The van der Waals surface area contributed by atoms with Gasteiger partial charge in [0.1, 0.15) is 11.9 Å². The van der Waals surface area contributed by atoms with Gasteiger partial charge >= 0.3 is 0 Å². The minimum Gasteiger partial charge on any atom is -0.372 e. The molecule has 0 aromatic carbocycles. The minimum atomic E-state index is -0.445. The molecule has 0 saturated carbocycles. The van der Waals surface area contributed by atoms with Crippen LogP contribution in [-0.4, -0.2) is 34.0 Å². The number of hydrogen-bond donors (Lipinski definition) is 1. The Kier molecular flexibility index (Phi) is 3.47. The molecule has 0 spiro atoms. The third-order valence-electron chi connectivity index (χ3n) is 3.15. The topological polar surface area (TPSA) is 75.3 Å². The van der Waals surface area contributed by atoms with Gasteiger partial charge in [-0.3, -0.25) is 9.59 Å². The van der Waals surface area contributed by atoms with Crippen molar-refractivity contribution >= 4 is 5.91 Å². The minimum absolute atomic E-state index is 0.0879. The fourth-order valence-electron chi connectivity index (χ4n) is 2.19. The lowest BCUT2D eigenvalue weighted by atomic mass is 10.2. The van der Waals surface area contributed by atoms with Crippen molar-refractivity contribution in [2.45, 2.75) is 39.5 Å². The van der Waals surface area contributed by atoms with E-state index in [2.05, 4.69) is 9.97 Å². The van der Waals surface area contributed by atoms with Crippen molar-refractivity contribution in [3.8, 4) is 0 Å². The lowest BCUT2D eigenvalue weighted by molar-refractivity contribution is -0.142. The Bertz CT molecular complexity index is 520. The second kappa shape index (κ2) is 4.89.